The highest BCUT2D eigenvalue weighted by Crippen LogP contribution is 2.18. The van der Waals surface area contributed by atoms with Crippen molar-refractivity contribution in [1.29, 1.82) is 0 Å². The number of rotatable bonds is 5. The normalized spacial score (nSPS) is 10.6. The first-order valence-electron chi connectivity index (χ1n) is 8.20. The highest BCUT2D eigenvalue weighted by molar-refractivity contribution is 5.92. The van der Waals surface area contributed by atoms with Crippen molar-refractivity contribution in [2.24, 2.45) is 0 Å². The van der Waals surface area contributed by atoms with Gasteiger partial charge < -0.3 is 9.84 Å². The summed E-state index contributed by atoms with van der Waals surface area (Å²) in [6.07, 6.45) is 1.86. The molecule has 0 fully saturated rings. The van der Waals surface area contributed by atoms with Gasteiger partial charge in [-0.1, -0.05) is 53.7 Å². The summed E-state index contributed by atoms with van der Waals surface area (Å²) in [7, 11) is 0. The average Bonchev–Trinajstić information content (AvgIpc) is 3.37. The highest BCUT2D eigenvalue weighted by atomic mass is 16.5. The number of benzene rings is 2. The second-order valence-electron chi connectivity index (χ2n) is 5.71. The molecule has 6 heteroatoms. The molecule has 0 radical (unpaired) electrons. The van der Waals surface area contributed by atoms with Crippen LogP contribution >= 0.6 is 0 Å². The van der Waals surface area contributed by atoms with Crippen molar-refractivity contribution in [1.82, 2.24) is 20.3 Å². The Morgan fingerprint density at radius 2 is 1.73 bits per heavy atom. The molecule has 0 aliphatic rings. The van der Waals surface area contributed by atoms with Gasteiger partial charge in [0.2, 0.25) is 5.76 Å². The fraction of sp³-hybridized carbons (Fsp3) is 0.0500. The summed E-state index contributed by atoms with van der Waals surface area (Å²) in [4.78, 5) is 12.3. The Morgan fingerprint density at radius 1 is 1.00 bits per heavy atom. The fourth-order valence-corrected chi connectivity index (χ4v) is 2.57. The largest absolute Gasteiger partial charge is 0.350 e. The average molecular weight is 344 g/mol. The van der Waals surface area contributed by atoms with Gasteiger partial charge in [-0.05, 0) is 18.2 Å². The Labute approximate surface area is 150 Å². The summed E-state index contributed by atoms with van der Waals surface area (Å²) in [6.45, 7) is 0.306. The smallest absolute Gasteiger partial charge is 0.290 e. The van der Waals surface area contributed by atoms with E-state index < -0.39 is 0 Å². The second-order valence-corrected chi connectivity index (χ2v) is 5.71. The van der Waals surface area contributed by atoms with Gasteiger partial charge in [0.05, 0.1) is 17.9 Å². The standard InChI is InChI=1S/C20H16N4O2/c25-20(19-13-18(23-26-19)15-7-3-1-4-8-15)21-14-16-11-12-24(22-16)17-9-5-2-6-10-17/h1-13H,14H2,(H,21,25). The minimum Gasteiger partial charge on any atom is -0.350 e. The number of nitrogens with zero attached hydrogens (tertiary/aromatic N) is 3. The quantitative estimate of drug-likeness (QED) is 0.602. The van der Waals surface area contributed by atoms with E-state index in [2.05, 4.69) is 15.6 Å². The molecule has 0 bridgehead atoms. The third-order valence-electron chi connectivity index (χ3n) is 3.90. The van der Waals surface area contributed by atoms with Gasteiger partial charge in [0, 0.05) is 17.8 Å². The topological polar surface area (TPSA) is 73.0 Å². The monoisotopic (exact) mass is 344 g/mol. The molecule has 4 aromatic rings. The van der Waals surface area contributed by atoms with Crippen LogP contribution in [0.2, 0.25) is 0 Å². The number of para-hydroxylation sites is 1. The summed E-state index contributed by atoms with van der Waals surface area (Å²) in [5.74, 6) is -0.153. The summed E-state index contributed by atoms with van der Waals surface area (Å²) >= 11 is 0. The Kier molecular flexibility index (Phi) is 4.30. The lowest BCUT2D eigenvalue weighted by Crippen LogP contribution is -2.22. The van der Waals surface area contributed by atoms with Crippen molar-refractivity contribution in [3.05, 3.63) is 90.4 Å². The van der Waals surface area contributed by atoms with Crippen LogP contribution in [0, 0.1) is 0 Å². The van der Waals surface area contributed by atoms with Crippen molar-refractivity contribution >= 4 is 5.91 Å². The lowest BCUT2D eigenvalue weighted by Gasteiger charge is -2.01. The SMILES string of the molecule is O=C(NCc1ccn(-c2ccccc2)n1)c1cc(-c2ccccc2)no1. The summed E-state index contributed by atoms with van der Waals surface area (Å²) in [5.41, 5.74) is 3.25. The number of nitrogens with one attached hydrogen (secondary N) is 1. The number of carbonyl (C=O) groups is 1. The third kappa shape index (κ3) is 3.39. The Morgan fingerprint density at radius 3 is 2.50 bits per heavy atom. The zero-order chi connectivity index (χ0) is 17.8. The molecular weight excluding hydrogens is 328 g/mol. The maximum absolute atomic E-state index is 12.3. The van der Waals surface area contributed by atoms with Crippen LogP contribution in [0.25, 0.3) is 16.9 Å². The van der Waals surface area contributed by atoms with Crippen molar-refractivity contribution in [2.45, 2.75) is 6.54 Å². The second kappa shape index (κ2) is 7.06. The molecule has 0 aliphatic carbocycles. The van der Waals surface area contributed by atoms with E-state index in [1.807, 2.05) is 72.9 Å². The zero-order valence-corrected chi connectivity index (χ0v) is 13.9. The van der Waals surface area contributed by atoms with Crippen LogP contribution in [0.1, 0.15) is 16.2 Å². The third-order valence-corrected chi connectivity index (χ3v) is 3.90. The summed E-state index contributed by atoms with van der Waals surface area (Å²) in [6, 6.07) is 22.9. The molecule has 4 rings (SSSR count). The Balaban J connectivity index is 1.40. The predicted octanol–water partition coefficient (Wildman–Crippen LogP) is 3.46. The molecule has 0 spiro atoms. The van der Waals surface area contributed by atoms with Gasteiger partial charge >= 0.3 is 0 Å². The maximum Gasteiger partial charge on any atom is 0.290 e. The van der Waals surface area contributed by atoms with Gasteiger partial charge in [-0.15, -0.1) is 0 Å². The minimum absolute atomic E-state index is 0.173. The molecule has 0 saturated carbocycles. The van der Waals surface area contributed by atoms with Crippen LogP contribution in [0.5, 0.6) is 0 Å². The van der Waals surface area contributed by atoms with Gasteiger partial charge in [-0.25, -0.2) is 4.68 Å². The van der Waals surface area contributed by atoms with Crippen LogP contribution < -0.4 is 5.32 Å². The number of amides is 1. The van der Waals surface area contributed by atoms with E-state index in [4.69, 9.17) is 4.52 Å². The van der Waals surface area contributed by atoms with Gasteiger partial charge in [0.15, 0.2) is 0 Å². The first-order valence-corrected chi connectivity index (χ1v) is 8.20. The van der Waals surface area contributed by atoms with E-state index in [1.54, 1.807) is 10.7 Å². The van der Waals surface area contributed by atoms with Crippen molar-refractivity contribution in [3.63, 3.8) is 0 Å². The molecule has 1 N–H and O–H groups in total. The molecule has 1 amide bonds. The molecule has 128 valence electrons. The molecule has 0 aliphatic heterocycles. The van der Waals surface area contributed by atoms with Gasteiger partial charge in [-0.2, -0.15) is 5.10 Å². The maximum atomic E-state index is 12.3. The van der Waals surface area contributed by atoms with Crippen LogP contribution in [0.3, 0.4) is 0 Å². The van der Waals surface area contributed by atoms with Crippen molar-refractivity contribution < 1.29 is 9.32 Å². The van der Waals surface area contributed by atoms with E-state index in [0.717, 1.165) is 16.9 Å². The summed E-state index contributed by atoms with van der Waals surface area (Å²) in [5, 5.41) is 11.2. The molecule has 26 heavy (non-hydrogen) atoms. The van der Waals surface area contributed by atoms with Gasteiger partial charge in [-0.3, -0.25) is 4.79 Å². The molecular formula is C20H16N4O2. The van der Waals surface area contributed by atoms with E-state index in [-0.39, 0.29) is 11.7 Å². The van der Waals surface area contributed by atoms with E-state index in [9.17, 15) is 4.79 Å². The van der Waals surface area contributed by atoms with Crippen LogP contribution in [0.15, 0.2) is 83.5 Å². The van der Waals surface area contributed by atoms with Crippen molar-refractivity contribution in [2.75, 3.05) is 0 Å². The number of hydrogen-bond acceptors (Lipinski definition) is 4. The van der Waals surface area contributed by atoms with Gasteiger partial charge in [0.1, 0.15) is 5.69 Å². The van der Waals surface area contributed by atoms with E-state index in [1.165, 1.54) is 0 Å². The summed E-state index contributed by atoms with van der Waals surface area (Å²) < 4.78 is 6.92. The zero-order valence-electron chi connectivity index (χ0n) is 13.9. The van der Waals surface area contributed by atoms with Gasteiger partial charge in [0.25, 0.3) is 5.91 Å². The molecule has 2 aromatic heterocycles. The predicted molar refractivity (Wildman–Crippen MR) is 96.7 cm³/mol. The molecule has 2 aromatic carbocycles. The number of carbonyl (C=O) groups excluding carboxylic acids is 1. The minimum atomic E-state index is -0.325. The Hall–Kier alpha value is -3.67. The number of aromatic nitrogens is 3. The van der Waals surface area contributed by atoms with E-state index >= 15 is 0 Å². The molecule has 6 nitrogen and oxygen atoms in total. The highest BCUT2D eigenvalue weighted by Gasteiger charge is 2.14. The molecule has 0 atom stereocenters. The molecule has 0 unspecified atom stereocenters. The van der Waals surface area contributed by atoms with Crippen LogP contribution in [-0.4, -0.2) is 20.8 Å². The lowest BCUT2D eigenvalue weighted by molar-refractivity contribution is 0.0913. The van der Waals surface area contributed by atoms with Crippen LogP contribution in [-0.2, 0) is 6.54 Å². The first-order chi connectivity index (χ1) is 12.8. The van der Waals surface area contributed by atoms with Crippen LogP contribution in [0.4, 0.5) is 0 Å². The van der Waals surface area contributed by atoms with Crippen molar-refractivity contribution in [3.8, 4) is 16.9 Å². The fourth-order valence-electron chi connectivity index (χ4n) is 2.57. The molecule has 2 heterocycles. The Bertz CT molecular complexity index is 1010. The first kappa shape index (κ1) is 15.8. The van der Waals surface area contributed by atoms with E-state index in [0.29, 0.717) is 12.2 Å². The lowest BCUT2D eigenvalue weighted by atomic mass is 10.1. The molecule has 0 saturated heterocycles. The number of hydrogen-bond donors (Lipinski definition) is 1.